The maximum atomic E-state index is 10.9. The number of nitrogens with one attached hydrogen (secondary N) is 2. The van der Waals surface area contributed by atoms with Crippen LogP contribution in [0.25, 0.3) is 0 Å². The Morgan fingerprint density at radius 2 is 1.88 bits per heavy atom. The van der Waals surface area contributed by atoms with E-state index in [0.717, 1.165) is 30.6 Å². The number of amides is 1. The fourth-order valence-electron chi connectivity index (χ4n) is 2.24. The molecule has 1 saturated carbocycles. The number of carbonyl (C=O) groups is 1. The van der Waals surface area contributed by atoms with Gasteiger partial charge in [-0.2, -0.15) is 0 Å². The van der Waals surface area contributed by atoms with E-state index in [4.69, 9.17) is 5.73 Å². The van der Waals surface area contributed by atoms with Gasteiger partial charge in [0, 0.05) is 30.4 Å². The highest BCUT2D eigenvalue weighted by atomic mass is 16.1. The van der Waals surface area contributed by atoms with Gasteiger partial charge in [-0.3, -0.25) is 4.79 Å². The molecule has 2 unspecified atom stereocenters. The van der Waals surface area contributed by atoms with Crippen molar-refractivity contribution in [2.45, 2.75) is 38.3 Å². The summed E-state index contributed by atoms with van der Waals surface area (Å²) in [7, 11) is 0. The highest BCUT2D eigenvalue weighted by Gasteiger charge is 2.21. The van der Waals surface area contributed by atoms with Gasteiger partial charge >= 0.3 is 0 Å². The number of hydrogen-bond acceptors (Lipinski definition) is 3. The van der Waals surface area contributed by atoms with Crippen LogP contribution in [0, 0.1) is 0 Å². The van der Waals surface area contributed by atoms with E-state index in [1.165, 1.54) is 6.92 Å². The maximum Gasteiger partial charge on any atom is 0.221 e. The normalized spacial score (nSPS) is 23.4. The van der Waals surface area contributed by atoms with Crippen LogP contribution in [-0.4, -0.2) is 18.0 Å². The van der Waals surface area contributed by atoms with Gasteiger partial charge in [0.05, 0.1) is 0 Å². The molecule has 1 fully saturated rings. The first-order valence-electron chi connectivity index (χ1n) is 6.03. The van der Waals surface area contributed by atoms with Crippen LogP contribution in [0.2, 0.25) is 0 Å². The minimum absolute atomic E-state index is 0.0486. The zero-order chi connectivity index (χ0) is 12.3. The first-order valence-corrected chi connectivity index (χ1v) is 6.03. The van der Waals surface area contributed by atoms with Gasteiger partial charge in [0.1, 0.15) is 0 Å². The Hall–Kier alpha value is -1.55. The zero-order valence-electron chi connectivity index (χ0n) is 10.1. The molecular weight excluding hydrogens is 214 g/mol. The van der Waals surface area contributed by atoms with Crippen LogP contribution >= 0.6 is 0 Å². The minimum Gasteiger partial charge on any atom is -0.382 e. The first kappa shape index (κ1) is 11.9. The third-order valence-corrected chi connectivity index (χ3v) is 3.05. The SMILES string of the molecule is CC(=O)Nc1ccc(NC2CCC(N)C2)cc1. The van der Waals surface area contributed by atoms with Crippen LogP contribution in [0.5, 0.6) is 0 Å². The third kappa shape index (κ3) is 3.46. The molecular formula is C13H19N3O. The van der Waals surface area contributed by atoms with Crippen molar-refractivity contribution in [1.82, 2.24) is 0 Å². The molecule has 1 aliphatic carbocycles. The second kappa shape index (κ2) is 5.19. The molecule has 4 nitrogen and oxygen atoms in total. The number of benzene rings is 1. The van der Waals surface area contributed by atoms with Crippen molar-refractivity contribution in [2.24, 2.45) is 5.73 Å². The lowest BCUT2D eigenvalue weighted by atomic mass is 10.2. The smallest absolute Gasteiger partial charge is 0.221 e. The van der Waals surface area contributed by atoms with Gasteiger partial charge in [0.2, 0.25) is 5.91 Å². The fourth-order valence-corrected chi connectivity index (χ4v) is 2.24. The summed E-state index contributed by atoms with van der Waals surface area (Å²) in [4.78, 5) is 10.9. The summed E-state index contributed by atoms with van der Waals surface area (Å²) in [6.07, 6.45) is 3.27. The van der Waals surface area contributed by atoms with Crippen LogP contribution in [0.1, 0.15) is 26.2 Å². The Morgan fingerprint density at radius 1 is 1.24 bits per heavy atom. The van der Waals surface area contributed by atoms with Crippen molar-refractivity contribution in [3.63, 3.8) is 0 Å². The molecule has 4 N–H and O–H groups in total. The van der Waals surface area contributed by atoms with Crippen molar-refractivity contribution in [1.29, 1.82) is 0 Å². The fraction of sp³-hybridized carbons (Fsp3) is 0.462. The third-order valence-electron chi connectivity index (χ3n) is 3.05. The number of rotatable bonds is 3. The van der Waals surface area contributed by atoms with Gasteiger partial charge in [0.25, 0.3) is 0 Å². The minimum atomic E-state index is -0.0486. The van der Waals surface area contributed by atoms with E-state index in [1.54, 1.807) is 0 Å². The molecule has 0 aromatic heterocycles. The highest BCUT2D eigenvalue weighted by Crippen LogP contribution is 2.22. The van der Waals surface area contributed by atoms with E-state index in [0.29, 0.717) is 12.1 Å². The summed E-state index contributed by atoms with van der Waals surface area (Å²) >= 11 is 0. The maximum absolute atomic E-state index is 10.9. The second-order valence-corrected chi connectivity index (χ2v) is 4.67. The highest BCUT2D eigenvalue weighted by molar-refractivity contribution is 5.88. The van der Waals surface area contributed by atoms with E-state index in [9.17, 15) is 4.79 Å². The molecule has 17 heavy (non-hydrogen) atoms. The lowest BCUT2D eigenvalue weighted by Gasteiger charge is -2.14. The van der Waals surface area contributed by atoms with Crippen molar-refractivity contribution >= 4 is 17.3 Å². The lowest BCUT2D eigenvalue weighted by Crippen LogP contribution is -2.20. The molecule has 0 heterocycles. The van der Waals surface area contributed by atoms with Crippen LogP contribution in [0.3, 0.4) is 0 Å². The Kier molecular flexibility index (Phi) is 3.64. The van der Waals surface area contributed by atoms with Gasteiger partial charge in [0.15, 0.2) is 0 Å². The summed E-state index contributed by atoms with van der Waals surface area (Å²) in [5.41, 5.74) is 7.78. The summed E-state index contributed by atoms with van der Waals surface area (Å²) in [5.74, 6) is -0.0486. The molecule has 1 aromatic rings. The average molecular weight is 233 g/mol. The summed E-state index contributed by atoms with van der Waals surface area (Å²) in [6.45, 7) is 1.51. The van der Waals surface area contributed by atoms with Crippen molar-refractivity contribution < 1.29 is 4.79 Å². The molecule has 0 bridgehead atoms. The molecule has 2 rings (SSSR count). The number of hydrogen-bond donors (Lipinski definition) is 3. The number of carbonyl (C=O) groups excluding carboxylic acids is 1. The topological polar surface area (TPSA) is 67.2 Å². The van der Waals surface area contributed by atoms with Gasteiger partial charge in [-0.15, -0.1) is 0 Å². The van der Waals surface area contributed by atoms with E-state index in [2.05, 4.69) is 10.6 Å². The molecule has 0 saturated heterocycles. The monoisotopic (exact) mass is 233 g/mol. The second-order valence-electron chi connectivity index (χ2n) is 4.67. The average Bonchev–Trinajstić information content (AvgIpc) is 2.66. The lowest BCUT2D eigenvalue weighted by molar-refractivity contribution is -0.114. The largest absolute Gasteiger partial charge is 0.382 e. The molecule has 1 amide bonds. The van der Waals surface area contributed by atoms with Crippen LogP contribution in [0.15, 0.2) is 24.3 Å². The van der Waals surface area contributed by atoms with Crippen LogP contribution in [-0.2, 0) is 4.79 Å². The zero-order valence-corrected chi connectivity index (χ0v) is 10.1. The van der Waals surface area contributed by atoms with Gasteiger partial charge in [-0.1, -0.05) is 0 Å². The van der Waals surface area contributed by atoms with Gasteiger partial charge in [-0.25, -0.2) is 0 Å². The van der Waals surface area contributed by atoms with Crippen LogP contribution < -0.4 is 16.4 Å². The van der Waals surface area contributed by atoms with Crippen molar-refractivity contribution in [2.75, 3.05) is 10.6 Å². The molecule has 0 spiro atoms. The quantitative estimate of drug-likeness (QED) is 0.747. The van der Waals surface area contributed by atoms with Gasteiger partial charge < -0.3 is 16.4 Å². The van der Waals surface area contributed by atoms with E-state index < -0.39 is 0 Å². The summed E-state index contributed by atoms with van der Waals surface area (Å²) in [5, 5.41) is 6.21. The van der Waals surface area contributed by atoms with E-state index >= 15 is 0 Å². The Balaban J connectivity index is 1.91. The van der Waals surface area contributed by atoms with E-state index in [1.807, 2.05) is 24.3 Å². The molecule has 92 valence electrons. The molecule has 4 heteroatoms. The van der Waals surface area contributed by atoms with Crippen molar-refractivity contribution in [3.05, 3.63) is 24.3 Å². The predicted molar refractivity (Wildman–Crippen MR) is 70.0 cm³/mol. The molecule has 1 aliphatic rings. The van der Waals surface area contributed by atoms with Gasteiger partial charge in [-0.05, 0) is 43.5 Å². The summed E-state index contributed by atoms with van der Waals surface area (Å²) in [6, 6.07) is 8.59. The standard InChI is InChI=1S/C13H19N3O/c1-9(17)15-11-4-6-12(7-5-11)16-13-3-2-10(14)8-13/h4-7,10,13,16H,2-3,8,14H2,1H3,(H,15,17). The Morgan fingerprint density at radius 3 is 2.41 bits per heavy atom. The molecule has 0 aliphatic heterocycles. The van der Waals surface area contributed by atoms with Crippen LogP contribution in [0.4, 0.5) is 11.4 Å². The Bertz CT molecular complexity index is 388. The number of anilines is 2. The first-order chi connectivity index (χ1) is 8.13. The van der Waals surface area contributed by atoms with E-state index in [-0.39, 0.29) is 5.91 Å². The van der Waals surface area contributed by atoms with Crippen molar-refractivity contribution in [3.8, 4) is 0 Å². The number of nitrogens with two attached hydrogens (primary N) is 1. The molecule has 1 aromatic carbocycles. The predicted octanol–water partition coefficient (Wildman–Crippen LogP) is 1.94. The Labute approximate surface area is 102 Å². The summed E-state index contributed by atoms with van der Waals surface area (Å²) < 4.78 is 0. The molecule has 2 atom stereocenters. The molecule has 0 radical (unpaired) electrons.